The van der Waals surface area contributed by atoms with Crippen LogP contribution in [-0.4, -0.2) is 42.7 Å². The Balaban J connectivity index is 1.37. The number of hydrogen-bond acceptors (Lipinski definition) is 4. The second-order valence-electron chi connectivity index (χ2n) is 6.72. The van der Waals surface area contributed by atoms with E-state index in [0.717, 1.165) is 31.6 Å². The maximum Gasteiger partial charge on any atom is 0.271 e. The fraction of sp³-hybridized carbons (Fsp3) is 0.333. The first-order chi connectivity index (χ1) is 12.8. The molecule has 0 spiro atoms. The number of oxime groups is 1. The lowest BCUT2D eigenvalue weighted by Gasteiger charge is -2.23. The Hall–Kier alpha value is -2.82. The first-order valence-electron chi connectivity index (χ1n) is 9.18. The van der Waals surface area contributed by atoms with Crippen LogP contribution in [0.25, 0.3) is 0 Å². The monoisotopic (exact) mass is 349 g/mol. The summed E-state index contributed by atoms with van der Waals surface area (Å²) in [6.45, 7) is 3.27. The Kier molecular flexibility index (Phi) is 4.86. The van der Waals surface area contributed by atoms with Crippen LogP contribution in [0, 0.1) is 0 Å². The van der Waals surface area contributed by atoms with Crippen molar-refractivity contribution in [3.63, 3.8) is 0 Å². The summed E-state index contributed by atoms with van der Waals surface area (Å²) in [7, 11) is 0. The van der Waals surface area contributed by atoms with Gasteiger partial charge in [0.25, 0.3) is 5.91 Å². The van der Waals surface area contributed by atoms with Gasteiger partial charge in [-0.15, -0.1) is 0 Å². The summed E-state index contributed by atoms with van der Waals surface area (Å²) in [5.74, 6) is 0.0124. The van der Waals surface area contributed by atoms with Crippen LogP contribution in [0.2, 0.25) is 0 Å². The minimum absolute atomic E-state index is 0.0124. The van der Waals surface area contributed by atoms with E-state index in [1.807, 2.05) is 41.3 Å². The molecule has 26 heavy (non-hydrogen) atoms. The van der Waals surface area contributed by atoms with Gasteiger partial charge in [0, 0.05) is 38.3 Å². The summed E-state index contributed by atoms with van der Waals surface area (Å²) < 4.78 is 0. The number of nitrogens with zero attached hydrogens (tertiary/aromatic N) is 3. The molecular formula is C21H23N3O2. The summed E-state index contributed by atoms with van der Waals surface area (Å²) in [6, 6.07) is 20.3. The maximum atomic E-state index is 12.9. The van der Waals surface area contributed by atoms with Gasteiger partial charge in [-0.05, 0) is 24.1 Å². The van der Waals surface area contributed by atoms with Crippen LogP contribution in [0.1, 0.15) is 24.5 Å². The number of carbonyl (C=O) groups excluding carboxylic acids is 1. The van der Waals surface area contributed by atoms with Crippen LogP contribution in [0.5, 0.6) is 0 Å². The molecule has 2 aliphatic heterocycles. The van der Waals surface area contributed by atoms with Crippen molar-refractivity contribution in [2.75, 3.05) is 31.1 Å². The van der Waals surface area contributed by atoms with Crippen LogP contribution in [0.4, 0.5) is 5.69 Å². The van der Waals surface area contributed by atoms with Gasteiger partial charge in [0.05, 0.1) is 0 Å². The van der Waals surface area contributed by atoms with Crippen molar-refractivity contribution in [3.05, 3.63) is 66.2 Å². The van der Waals surface area contributed by atoms with Crippen molar-refractivity contribution in [1.82, 2.24) is 4.90 Å². The van der Waals surface area contributed by atoms with E-state index in [2.05, 4.69) is 34.3 Å². The minimum Gasteiger partial charge on any atom is -0.387 e. The van der Waals surface area contributed by atoms with Crippen molar-refractivity contribution >= 4 is 17.3 Å². The van der Waals surface area contributed by atoms with E-state index in [0.29, 0.717) is 18.7 Å². The van der Waals surface area contributed by atoms with Crippen LogP contribution in [-0.2, 0) is 9.63 Å². The Bertz CT molecular complexity index is 776. The molecule has 1 unspecified atom stereocenters. The van der Waals surface area contributed by atoms with E-state index in [-0.39, 0.29) is 12.0 Å². The molecule has 1 atom stereocenters. The average molecular weight is 349 g/mol. The molecule has 2 heterocycles. The largest absolute Gasteiger partial charge is 0.387 e. The van der Waals surface area contributed by atoms with Crippen molar-refractivity contribution in [3.8, 4) is 0 Å². The van der Waals surface area contributed by atoms with E-state index < -0.39 is 0 Å². The molecular weight excluding hydrogens is 326 g/mol. The lowest BCUT2D eigenvalue weighted by Crippen LogP contribution is -2.39. The molecule has 2 aromatic carbocycles. The second-order valence-corrected chi connectivity index (χ2v) is 6.72. The molecule has 5 nitrogen and oxygen atoms in total. The predicted octanol–water partition coefficient (Wildman–Crippen LogP) is 3.24. The fourth-order valence-electron chi connectivity index (χ4n) is 3.55. The number of rotatable bonds is 3. The Morgan fingerprint density at radius 3 is 2.42 bits per heavy atom. The molecule has 2 aromatic rings. The highest BCUT2D eigenvalue weighted by molar-refractivity contribution is 6.39. The minimum atomic E-state index is -0.150. The van der Waals surface area contributed by atoms with Crippen LogP contribution < -0.4 is 4.90 Å². The van der Waals surface area contributed by atoms with E-state index in [1.165, 1.54) is 5.69 Å². The van der Waals surface area contributed by atoms with Crippen molar-refractivity contribution in [2.24, 2.45) is 5.16 Å². The summed E-state index contributed by atoms with van der Waals surface area (Å²) >= 11 is 0. The molecule has 134 valence electrons. The van der Waals surface area contributed by atoms with Gasteiger partial charge in [-0.3, -0.25) is 4.79 Å². The highest BCUT2D eigenvalue weighted by Crippen LogP contribution is 2.27. The lowest BCUT2D eigenvalue weighted by atomic mass is 10.0. The van der Waals surface area contributed by atoms with Gasteiger partial charge in [-0.2, -0.15) is 0 Å². The van der Waals surface area contributed by atoms with Gasteiger partial charge >= 0.3 is 0 Å². The molecule has 0 bridgehead atoms. The molecule has 1 fully saturated rings. The smallest absolute Gasteiger partial charge is 0.271 e. The zero-order valence-corrected chi connectivity index (χ0v) is 14.8. The molecule has 1 saturated heterocycles. The highest BCUT2D eigenvalue weighted by atomic mass is 16.6. The zero-order chi connectivity index (χ0) is 17.8. The first kappa shape index (κ1) is 16.6. The van der Waals surface area contributed by atoms with E-state index in [4.69, 9.17) is 4.84 Å². The number of anilines is 1. The number of carbonyl (C=O) groups is 1. The standard InChI is InChI=1S/C21H23N3O2/c25-21(19-16-20(26-22-19)17-8-3-1-4-9-17)24-13-7-12-23(14-15-24)18-10-5-2-6-11-18/h1-6,8-11,20H,7,12-16H2. The third-order valence-electron chi connectivity index (χ3n) is 4.99. The summed E-state index contributed by atoms with van der Waals surface area (Å²) in [4.78, 5) is 22.6. The quantitative estimate of drug-likeness (QED) is 0.854. The molecule has 2 aliphatic rings. The molecule has 0 aromatic heterocycles. The molecule has 0 radical (unpaired) electrons. The van der Waals surface area contributed by atoms with Crippen LogP contribution in [0.3, 0.4) is 0 Å². The average Bonchev–Trinajstić information content (AvgIpc) is 3.07. The number of para-hydroxylation sites is 1. The van der Waals surface area contributed by atoms with Crippen molar-refractivity contribution < 1.29 is 9.63 Å². The van der Waals surface area contributed by atoms with Gasteiger partial charge in [0.2, 0.25) is 0 Å². The predicted molar refractivity (Wildman–Crippen MR) is 102 cm³/mol. The topological polar surface area (TPSA) is 45.1 Å². The molecule has 1 amide bonds. The van der Waals surface area contributed by atoms with Crippen molar-refractivity contribution in [2.45, 2.75) is 18.9 Å². The fourth-order valence-corrected chi connectivity index (χ4v) is 3.55. The summed E-state index contributed by atoms with van der Waals surface area (Å²) in [5.41, 5.74) is 2.81. The van der Waals surface area contributed by atoms with Crippen LogP contribution in [0.15, 0.2) is 65.8 Å². The number of hydrogen-bond donors (Lipinski definition) is 0. The number of amides is 1. The Morgan fingerprint density at radius 2 is 1.65 bits per heavy atom. The van der Waals surface area contributed by atoms with Crippen LogP contribution >= 0.6 is 0 Å². The number of benzene rings is 2. The molecule has 0 N–H and O–H groups in total. The van der Waals surface area contributed by atoms with Gasteiger partial charge < -0.3 is 14.6 Å². The van der Waals surface area contributed by atoms with Crippen molar-refractivity contribution in [1.29, 1.82) is 0 Å². The van der Waals surface area contributed by atoms with Gasteiger partial charge in [-0.25, -0.2) is 0 Å². The summed E-state index contributed by atoms with van der Waals surface area (Å²) in [5, 5.41) is 4.09. The Labute approximate surface area is 153 Å². The zero-order valence-electron chi connectivity index (χ0n) is 14.8. The van der Waals surface area contributed by atoms with E-state index >= 15 is 0 Å². The SMILES string of the molecule is O=C(C1=NOC(c2ccccc2)C1)N1CCCN(c2ccccc2)CC1. The molecule has 0 aliphatic carbocycles. The maximum absolute atomic E-state index is 12.9. The van der Waals surface area contributed by atoms with Gasteiger partial charge in [0.1, 0.15) is 5.71 Å². The van der Waals surface area contributed by atoms with Gasteiger partial charge in [-0.1, -0.05) is 53.7 Å². The Morgan fingerprint density at radius 1 is 0.923 bits per heavy atom. The molecule has 0 saturated carbocycles. The normalized spacial score (nSPS) is 20.3. The molecule has 5 heteroatoms. The molecule has 4 rings (SSSR count). The van der Waals surface area contributed by atoms with E-state index in [9.17, 15) is 4.79 Å². The van der Waals surface area contributed by atoms with E-state index in [1.54, 1.807) is 0 Å². The third-order valence-corrected chi connectivity index (χ3v) is 4.99. The lowest BCUT2D eigenvalue weighted by molar-refractivity contribution is -0.124. The second kappa shape index (κ2) is 7.60. The third kappa shape index (κ3) is 3.57. The highest BCUT2D eigenvalue weighted by Gasteiger charge is 2.31. The summed E-state index contributed by atoms with van der Waals surface area (Å²) in [6.07, 6.45) is 1.35. The van der Waals surface area contributed by atoms with Gasteiger partial charge in [0.15, 0.2) is 6.10 Å². The first-order valence-corrected chi connectivity index (χ1v) is 9.18.